The molecule has 0 aliphatic carbocycles. The molecule has 1 aromatic rings. The number of nitrogens with one attached hydrogen (secondary N) is 1. The molecule has 1 N–H and O–H groups in total. The van der Waals surface area contributed by atoms with E-state index in [0.717, 1.165) is 26.2 Å². The summed E-state index contributed by atoms with van der Waals surface area (Å²) in [6.45, 7) is 6.01. The largest absolute Gasteiger partial charge is 0.383 e. The van der Waals surface area contributed by atoms with Gasteiger partial charge in [-0.3, -0.25) is 0 Å². The van der Waals surface area contributed by atoms with Crippen LogP contribution in [-0.4, -0.2) is 55.4 Å². The summed E-state index contributed by atoms with van der Waals surface area (Å²) in [5.74, 6) is 1.31. The third kappa shape index (κ3) is 5.20. The Morgan fingerprint density at radius 3 is 2.88 bits per heavy atom. The first-order valence-corrected chi connectivity index (χ1v) is 5.39. The van der Waals surface area contributed by atoms with Crippen molar-refractivity contribution in [2.75, 3.05) is 40.4 Å². The maximum absolute atomic E-state index is 5.00. The lowest BCUT2D eigenvalue weighted by Crippen LogP contribution is -2.31. The summed E-state index contributed by atoms with van der Waals surface area (Å²) in [4.78, 5) is 6.31. The van der Waals surface area contributed by atoms with E-state index in [-0.39, 0.29) is 0 Å². The molecule has 0 saturated heterocycles. The summed E-state index contributed by atoms with van der Waals surface area (Å²) in [5, 5.41) is 7.05. The molecule has 0 atom stereocenters. The van der Waals surface area contributed by atoms with E-state index < -0.39 is 0 Å². The van der Waals surface area contributed by atoms with Crippen LogP contribution in [0.4, 0.5) is 0 Å². The monoisotopic (exact) mass is 228 g/mol. The van der Waals surface area contributed by atoms with Crippen molar-refractivity contribution in [3.63, 3.8) is 0 Å². The normalized spacial score (nSPS) is 11.2. The average molecular weight is 228 g/mol. The van der Waals surface area contributed by atoms with Crippen molar-refractivity contribution < 1.29 is 9.26 Å². The van der Waals surface area contributed by atoms with Gasteiger partial charge in [-0.1, -0.05) is 5.16 Å². The van der Waals surface area contributed by atoms with E-state index in [0.29, 0.717) is 18.3 Å². The van der Waals surface area contributed by atoms with Gasteiger partial charge in [-0.15, -0.1) is 0 Å². The minimum absolute atomic E-state index is 0.606. The van der Waals surface area contributed by atoms with Crippen molar-refractivity contribution in [3.8, 4) is 0 Å². The molecular weight excluding hydrogens is 208 g/mol. The molecular formula is C10H20N4O2. The molecule has 6 heteroatoms. The highest BCUT2D eigenvalue weighted by molar-refractivity contribution is 4.82. The number of rotatable bonds is 8. The highest BCUT2D eigenvalue weighted by atomic mass is 16.5. The lowest BCUT2D eigenvalue weighted by molar-refractivity contribution is 0.161. The summed E-state index contributed by atoms with van der Waals surface area (Å²) in [6, 6.07) is 0. The predicted octanol–water partition coefficient (Wildman–Crippen LogP) is 0.0458. The fourth-order valence-corrected chi connectivity index (χ4v) is 1.24. The van der Waals surface area contributed by atoms with Gasteiger partial charge in [-0.05, 0) is 7.05 Å². The predicted molar refractivity (Wildman–Crippen MR) is 60.1 cm³/mol. The van der Waals surface area contributed by atoms with Crippen molar-refractivity contribution in [1.82, 2.24) is 20.4 Å². The molecule has 0 aliphatic rings. The minimum Gasteiger partial charge on any atom is -0.383 e. The smallest absolute Gasteiger partial charge is 0.223 e. The number of ether oxygens (including phenoxy) is 1. The van der Waals surface area contributed by atoms with E-state index in [4.69, 9.17) is 9.26 Å². The lowest BCUT2D eigenvalue weighted by atomic mass is 10.5. The van der Waals surface area contributed by atoms with Crippen molar-refractivity contribution in [3.05, 3.63) is 11.7 Å². The Morgan fingerprint density at radius 1 is 1.44 bits per heavy atom. The third-order valence-corrected chi connectivity index (χ3v) is 2.20. The number of methoxy groups -OCH3 is 1. The van der Waals surface area contributed by atoms with Crippen LogP contribution in [-0.2, 0) is 11.3 Å². The Bertz CT molecular complexity index is 290. The van der Waals surface area contributed by atoms with Gasteiger partial charge < -0.3 is 19.5 Å². The average Bonchev–Trinajstić information content (AvgIpc) is 2.67. The molecule has 0 aliphatic heterocycles. The molecule has 16 heavy (non-hydrogen) atoms. The summed E-state index contributed by atoms with van der Waals surface area (Å²) in [5.41, 5.74) is 0. The molecule has 0 unspecified atom stereocenters. The number of nitrogens with zero attached hydrogens (tertiary/aromatic N) is 3. The topological polar surface area (TPSA) is 63.4 Å². The van der Waals surface area contributed by atoms with Crippen LogP contribution in [0.3, 0.4) is 0 Å². The second-order valence-electron chi connectivity index (χ2n) is 3.70. The molecule has 0 saturated carbocycles. The van der Waals surface area contributed by atoms with Gasteiger partial charge in [0.1, 0.15) is 0 Å². The number of aryl methyl sites for hydroxylation is 1. The first kappa shape index (κ1) is 13.1. The van der Waals surface area contributed by atoms with Crippen molar-refractivity contribution >= 4 is 0 Å². The van der Waals surface area contributed by atoms with Crippen LogP contribution in [0.25, 0.3) is 0 Å². The van der Waals surface area contributed by atoms with Crippen LogP contribution in [0, 0.1) is 6.92 Å². The molecule has 6 nitrogen and oxygen atoms in total. The van der Waals surface area contributed by atoms with Crippen LogP contribution < -0.4 is 5.32 Å². The maximum Gasteiger partial charge on any atom is 0.223 e. The number of hydrogen-bond donors (Lipinski definition) is 1. The highest BCUT2D eigenvalue weighted by Crippen LogP contribution is 1.93. The molecule has 0 radical (unpaired) electrons. The molecule has 0 bridgehead atoms. The number of aromatic nitrogens is 2. The fourth-order valence-electron chi connectivity index (χ4n) is 1.24. The molecule has 0 amide bonds. The second-order valence-corrected chi connectivity index (χ2v) is 3.70. The summed E-state index contributed by atoms with van der Waals surface area (Å²) >= 11 is 0. The van der Waals surface area contributed by atoms with E-state index in [1.165, 1.54) is 0 Å². The summed E-state index contributed by atoms with van der Waals surface area (Å²) in [6.07, 6.45) is 0. The molecule has 1 aromatic heterocycles. The van der Waals surface area contributed by atoms with Gasteiger partial charge in [0.15, 0.2) is 5.82 Å². The van der Waals surface area contributed by atoms with Crippen LogP contribution >= 0.6 is 0 Å². The zero-order chi connectivity index (χ0) is 11.8. The molecule has 1 rings (SSSR count). The van der Waals surface area contributed by atoms with Gasteiger partial charge in [-0.2, -0.15) is 4.98 Å². The van der Waals surface area contributed by atoms with Gasteiger partial charge in [0.05, 0.1) is 13.2 Å². The third-order valence-electron chi connectivity index (χ3n) is 2.20. The first-order valence-electron chi connectivity index (χ1n) is 5.39. The van der Waals surface area contributed by atoms with Gasteiger partial charge in [0, 0.05) is 33.7 Å². The summed E-state index contributed by atoms with van der Waals surface area (Å²) in [7, 11) is 3.78. The van der Waals surface area contributed by atoms with E-state index in [9.17, 15) is 0 Å². The van der Waals surface area contributed by atoms with Crippen molar-refractivity contribution in [2.45, 2.75) is 13.5 Å². The van der Waals surface area contributed by atoms with Crippen LogP contribution in [0.2, 0.25) is 0 Å². The van der Waals surface area contributed by atoms with Gasteiger partial charge in [0.2, 0.25) is 5.89 Å². The van der Waals surface area contributed by atoms with Crippen LogP contribution in [0.15, 0.2) is 4.52 Å². The Morgan fingerprint density at radius 2 is 2.25 bits per heavy atom. The van der Waals surface area contributed by atoms with Gasteiger partial charge >= 0.3 is 0 Å². The molecule has 1 heterocycles. The van der Waals surface area contributed by atoms with Crippen LogP contribution in [0.1, 0.15) is 11.7 Å². The molecule has 0 spiro atoms. The zero-order valence-electron chi connectivity index (χ0n) is 10.2. The quantitative estimate of drug-likeness (QED) is 0.634. The molecule has 0 aromatic carbocycles. The summed E-state index contributed by atoms with van der Waals surface area (Å²) < 4.78 is 9.86. The van der Waals surface area contributed by atoms with E-state index in [1.807, 2.05) is 0 Å². The Kier molecular flexibility index (Phi) is 5.99. The number of likely N-dealkylation sites (N-methyl/N-ethyl adjacent to an activating group) is 1. The standard InChI is InChI=1S/C10H20N4O2/c1-9-12-10(13-16-9)8-11-4-5-14(2)6-7-15-3/h11H,4-8H2,1-3H3. The van der Waals surface area contributed by atoms with E-state index >= 15 is 0 Å². The maximum atomic E-state index is 5.00. The fraction of sp³-hybridized carbons (Fsp3) is 0.800. The molecule has 0 fully saturated rings. The Labute approximate surface area is 96.0 Å². The van der Waals surface area contributed by atoms with E-state index in [2.05, 4.69) is 27.4 Å². The van der Waals surface area contributed by atoms with Crippen molar-refractivity contribution in [1.29, 1.82) is 0 Å². The SMILES string of the molecule is COCCN(C)CCNCc1noc(C)n1. The Hall–Kier alpha value is -0.980. The van der Waals surface area contributed by atoms with Gasteiger partial charge in [-0.25, -0.2) is 0 Å². The molecule has 92 valence electrons. The minimum atomic E-state index is 0.606. The van der Waals surface area contributed by atoms with E-state index in [1.54, 1.807) is 14.0 Å². The van der Waals surface area contributed by atoms with Crippen LogP contribution in [0.5, 0.6) is 0 Å². The highest BCUT2D eigenvalue weighted by Gasteiger charge is 2.01. The first-order chi connectivity index (χ1) is 7.72. The lowest BCUT2D eigenvalue weighted by Gasteiger charge is -2.15. The zero-order valence-corrected chi connectivity index (χ0v) is 10.2. The number of hydrogen-bond acceptors (Lipinski definition) is 6. The Balaban J connectivity index is 2.03. The van der Waals surface area contributed by atoms with Gasteiger partial charge in [0.25, 0.3) is 0 Å². The van der Waals surface area contributed by atoms with Crippen molar-refractivity contribution in [2.24, 2.45) is 0 Å². The second kappa shape index (κ2) is 7.32.